The molecule has 6 heteroatoms. The molecule has 1 fully saturated rings. The zero-order valence-electron chi connectivity index (χ0n) is 9.80. The van der Waals surface area contributed by atoms with Gasteiger partial charge in [0.05, 0.1) is 11.9 Å². The Bertz CT molecular complexity index is 510. The molecule has 5 nitrogen and oxygen atoms in total. The van der Waals surface area contributed by atoms with Crippen LogP contribution in [0.25, 0.3) is 11.4 Å². The first-order valence-corrected chi connectivity index (χ1v) is 6.44. The Kier molecular flexibility index (Phi) is 2.60. The van der Waals surface area contributed by atoms with E-state index in [1.54, 1.807) is 11.3 Å². The molecule has 0 aromatic carbocycles. The van der Waals surface area contributed by atoms with Crippen LogP contribution in [0.2, 0.25) is 0 Å². The van der Waals surface area contributed by atoms with Crippen molar-refractivity contribution in [3.63, 3.8) is 0 Å². The van der Waals surface area contributed by atoms with Gasteiger partial charge in [0.1, 0.15) is 11.8 Å². The molecule has 1 aliphatic heterocycles. The van der Waals surface area contributed by atoms with Crippen molar-refractivity contribution in [3.8, 4) is 16.6 Å². The number of rotatable bonds is 3. The molecular formula is C11H14N4OS. The van der Waals surface area contributed by atoms with Crippen LogP contribution in [0.4, 0.5) is 0 Å². The van der Waals surface area contributed by atoms with Crippen LogP contribution in [0.5, 0.6) is 5.19 Å². The Labute approximate surface area is 103 Å². The topological polar surface area (TPSA) is 52.0 Å². The van der Waals surface area contributed by atoms with E-state index in [4.69, 9.17) is 4.74 Å². The zero-order chi connectivity index (χ0) is 11.8. The molecule has 0 radical (unpaired) electrons. The average molecular weight is 250 g/mol. The van der Waals surface area contributed by atoms with Gasteiger partial charge < -0.3 is 10.1 Å². The Morgan fingerprint density at radius 1 is 1.53 bits per heavy atom. The summed E-state index contributed by atoms with van der Waals surface area (Å²) in [5.74, 6) is 0. The van der Waals surface area contributed by atoms with Crippen molar-refractivity contribution in [2.75, 3.05) is 13.1 Å². The number of thiazole rings is 1. The highest BCUT2D eigenvalue weighted by molar-refractivity contribution is 7.11. The summed E-state index contributed by atoms with van der Waals surface area (Å²) >= 11 is 1.54. The minimum atomic E-state index is 0.279. The Morgan fingerprint density at radius 2 is 2.35 bits per heavy atom. The van der Waals surface area contributed by atoms with E-state index in [9.17, 15) is 0 Å². The third-order valence-corrected chi connectivity index (χ3v) is 3.59. The van der Waals surface area contributed by atoms with Gasteiger partial charge in [-0.2, -0.15) is 5.10 Å². The number of aromatic nitrogens is 3. The van der Waals surface area contributed by atoms with Crippen LogP contribution in [-0.4, -0.2) is 34.0 Å². The summed E-state index contributed by atoms with van der Waals surface area (Å²) in [5.41, 5.74) is 3.13. The van der Waals surface area contributed by atoms with Crippen LogP contribution in [0.15, 0.2) is 11.6 Å². The lowest BCUT2D eigenvalue weighted by Gasteiger charge is -2.26. The summed E-state index contributed by atoms with van der Waals surface area (Å²) in [6.07, 6.45) is 2.13. The van der Waals surface area contributed by atoms with Gasteiger partial charge in [0, 0.05) is 25.5 Å². The van der Waals surface area contributed by atoms with Gasteiger partial charge in [-0.3, -0.25) is 4.68 Å². The fourth-order valence-corrected chi connectivity index (χ4v) is 2.54. The Morgan fingerprint density at radius 3 is 2.94 bits per heavy atom. The maximum Gasteiger partial charge on any atom is 0.274 e. The van der Waals surface area contributed by atoms with E-state index in [2.05, 4.69) is 15.4 Å². The molecule has 3 rings (SSSR count). The molecule has 0 amide bonds. The fraction of sp³-hybridized carbons (Fsp3) is 0.455. The lowest BCUT2D eigenvalue weighted by molar-refractivity contribution is 0.142. The highest BCUT2D eigenvalue weighted by Gasteiger charge is 2.20. The predicted molar refractivity (Wildman–Crippen MR) is 66.3 cm³/mol. The van der Waals surface area contributed by atoms with E-state index >= 15 is 0 Å². The molecule has 1 saturated heterocycles. The minimum Gasteiger partial charge on any atom is -0.464 e. The first-order chi connectivity index (χ1) is 8.24. The first-order valence-electron chi connectivity index (χ1n) is 5.56. The second-order valence-corrected chi connectivity index (χ2v) is 5.02. The highest BCUT2D eigenvalue weighted by atomic mass is 32.1. The van der Waals surface area contributed by atoms with Gasteiger partial charge in [0.15, 0.2) is 0 Å². The first kappa shape index (κ1) is 10.7. The number of nitrogens with one attached hydrogen (secondary N) is 1. The van der Waals surface area contributed by atoms with Gasteiger partial charge in [-0.15, -0.1) is 0 Å². The van der Waals surface area contributed by atoms with Crippen LogP contribution in [0.1, 0.15) is 5.56 Å². The molecule has 0 bridgehead atoms. The lowest BCUT2D eigenvalue weighted by atomic mass is 10.2. The summed E-state index contributed by atoms with van der Waals surface area (Å²) in [7, 11) is 1.93. The van der Waals surface area contributed by atoms with Crippen molar-refractivity contribution in [2.45, 2.75) is 13.0 Å². The summed E-state index contributed by atoms with van der Waals surface area (Å²) in [5, 5.41) is 10.2. The molecule has 2 aromatic heterocycles. The molecular weight excluding hydrogens is 236 g/mol. The summed E-state index contributed by atoms with van der Waals surface area (Å²) in [6.45, 7) is 3.87. The van der Waals surface area contributed by atoms with Gasteiger partial charge in [-0.1, -0.05) is 11.3 Å². The van der Waals surface area contributed by atoms with Crippen molar-refractivity contribution in [1.29, 1.82) is 0 Å². The summed E-state index contributed by atoms with van der Waals surface area (Å²) in [4.78, 5) is 4.50. The quantitative estimate of drug-likeness (QED) is 0.889. The van der Waals surface area contributed by atoms with E-state index in [1.165, 1.54) is 0 Å². The molecule has 0 unspecified atom stereocenters. The second kappa shape index (κ2) is 4.12. The van der Waals surface area contributed by atoms with Gasteiger partial charge in [-0.25, -0.2) is 4.98 Å². The van der Waals surface area contributed by atoms with Gasteiger partial charge in [0.25, 0.3) is 5.19 Å². The number of aryl methyl sites for hydroxylation is 2. The van der Waals surface area contributed by atoms with Crippen molar-refractivity contribution in [2.24, 2.45) is 7.05 Å². The largest absolute Gasteiger partial charge is 0.464 e. The normalized spacial score (nSPS) is 15.9. The van der Waals surface area contributed by atoms with Crippen LogP contribution < -0.4 is 10.1 Å². The molecule has 0 aliphatic carbocycles. The van der Waals surface area contributed by atoms with Gasteiger partial charge in [0.2, 0.25) is 0 Å². The smallest absolute Gasteiger partial charge is 0.274 e. The number of hydrogen-bond acceptors (Lipinski definition) is 5. The summed E-state index contributed by atoms with van der Waals surface area (Å²) in [6, 6.07) is 0. The number of hydrogen-bond donors (Lipinski definition) is 1. The fourth-order valence-electron chi connectivity index (χ4n) is 1.82. The minimum absolute atomic E-state index is 0.279. The number of nitrogens with zero attached hydrogens (tertiary/aromatic N) is 3. The van der Waals surface area contributed by atoms with Crippen molar-refractivity contribution < 1.29 is 4.74 Å². The molecule has 2 aromatic rings. The van der Waals surface area contributed by atoms with Crippen LogP contribution in [-0.2, 0) is 7.05 Å². The number of ether oxygens (including phenoxy) is 1. The Hall–Kier alpha value is -1.40. The van der Waals surface area contributed by atoms with Crippen LogP contribution in [0, 0.1) is 6.92 Å². The molecule has 0 spiro atoms. The molecule has 3 heterocycles. The van der Waals surface area contributed by atoms with Crippen LogP contribution in [0.3, 0.4) is 0 Å². The van der Waals surface area contributed by atoms with E-state index in [0.717, 1.165) is 35.2 Å². The van der Waals surface area contributed by atoms with E-state index < -0.39 is 0 Å². The van der Waals surface area contributed by atoms with Gasteiger partial charge in [-0.05, 0) is 12.5 Å². The van der Waals surface area contributed by atoms with Crippen molar-refractivity contribution >= 4 is 11.3 Å². The van der Waals surface area contributed by atoms with E-state index in [-0.39, 0.29) is 6.10 Å². The molecule has 17 heavy (non-hydrogen) atoms. The monoisotopic (exact) mass is 250 g/mol. The van der Waals surface area contributed by atoms with Crippen molar-refractivity contribution in [3.05, 3.63) is 17.1 Å². The third-order valence-electron chi connectivity index (χ3n) is 2.86. The van der Waals surface area contributed by atoms with E-state index in [0.29, 0.717) is 0 Å². The standard InChI is InChI=1S/C11H14N4OS/c1-7-3-13-15(2)10(7)9-6-17-11(14-9)16-8-4-12-5-8/h3,6,8,12H,4-5H2,1-2H3. The molecule has 0 atom stereocenters. The third kappa shape index (κ3) is 1.94. The molecule has 90 valence electrons. The maximum absolute atomic E-state index is 5.72. The molecule has 1 aliphatic rings. The zero-order valence-corrected chi connectivity index (χ0v) is 10.6. The summed E-state index contributed by atoms with van der Waals surface area (Å²) < 4.78 is 7.57. The van der Waals surface area contributed by atoms with Crippen LogP contribution >= 0.6 is 11.3 Å². The Balaban J connectivity index is 1.84. The highest BCUT2D eigenvalue weighted by Crippen LogP contribution is 2.28. The second-order valence-electron chi connectivity index (χ2n) is 4.20. The average Bonchev–Trinajstić information content (AvgIpc) is 2.80. The maximum atomic E-state index is 5.72. The van der Waals surface area contributed by atoms with E-state index in [1.807, 2.05) is 30.2 Å². The predicted octanol–water partition coefficient (Wildman–Crippen LogP) is 1.20. The SMILES string of the molecule is Cc1cnn(C)c1-c1csc(OC2CNC2)n1. The lowest BCUT2D eigenvalue weighted by Crippen LogP contribution is -2.50. The molecule has 1 N–H and O–H groups in total. The molecule has 0 saturated carbocycles. The van der Waals surface area contributed by atoms with Gasteiger partial charge >= 0.3 is 0 Å². The van der Waals surface area contributed by atoms with Crippen molar-refractivity contribution in [1.82, 2.24) is 20.1 Å².